The Morgan fingerprint density at radius 2 is 0.526 bits per heavy atom. The predicted molar refractivity (Wildman–Crippen MR) is 491 cm³/mol. The zero-order valence-corrected chi connectivity index (χ0v) is 65.2. The van der Waals surface area contributed by atoms with Crippen molar-refractivity contribution in [1.82, 2.24) is 4.57 Å². The lowest BCUT2D eigenvalue weighted by molar-refractivity contribution is 0.426. The molecule has 0 spiro atoms. The van der Waals surface area contributed by atoms with Gasteiger partial charge >= 0.3 is 7.12 Å². The topological polar surface area (TPSA) is 51.9 Å². The lowest BCUT2D eigenvalue weighted by atomic mass is 9.80. The van der Waals surface area contributed by atoms with Crippen molar-refractivity contribution >= 4 is 84.4 Å². The van der Waals surface area contributed by atoms with Crippen LogP contribution in [-0.4, -0.2) is 21.7 Å². The van der Waals surface area contributed by atoms with E-state index >= 15 is 0 Å². The first-order chi connectivity index (χ1) is 57.3. The maximum absolute atomic E-state index is 9.51. The SMILES string of the molecule is Brc1ccc(-c2ccc3c(c2)-c2ccccc2C3c2ccccc2)cc1.OB(O)c1ccc(N(c2ccc(-c3ccccc3)cc2)c2ccc(-c3ccccc3)cc2)cc1.c1ccc(-c2ccc(N(c3ccc(-c4ccccc4)cc3)c3ccc(-c4ccc(-c5ccc6c(c5)c5ccccc5n6-c5ccccc5)cc4)cc3)cc2)cc1. The summed E-state index contributed by atoms with van der Waals surface area (Å²) in [5, 5.41) is 21.5. The van der Waals surface area contributed by atoms with Crippen molar-refractivity contribution < 1.29 is 10.0 Å². The highest BCUT2D eigenvalue weighted by atomic mass is 79.9. The molecule has 20 rings (SSSR count). The number of fused-ring (bicyclic) bond motifs is 6. The lowest BCUT2D eigenvalue weighted by Gasteiger charge is -2.26. The van der Waals surface area contributed by atoms with Gasteiger partial charge in [0.1, 0.15) is 0 Å². The third kappa shape index (κ3) is 15.6. The highest BCUT2D eigenvalue weighted by Gasteiger charge is 2.30. The molecule has 0 radical (unpaired) electrons. The number of para-hydroxylation sites is 2. The van der Waals surface area contributed by atoms with Crippen molar-refractivity contribution in [3.8, 4) is 94.7 Å². The van der Waals surface area contributed by atoms with E-state index in [0.717, 1.165) is 49.7 Å². The molecule has 0 saturated heterocycles. The Morgan fingerprint density at radius 1 is 0.233 bits per heavy atom. The van der Waals surface area contributed by atoms with Crippen LogP contribution in [0.5, 0.6) is 0 Å². The molecular formula is C109H79BBrN3O2. The van der Waals surface area contributed by atoms with Crippen molar-refractivity contribution in [3.05, 3.63) is 482 Å². The maximum Gasteiger partial charge on any atom is 0.488 e. The second-order valence-corrected chi connectivity index (χ2v) is 30.0. The minimum atomic E-state index is -1.49. The van der Waals surface area contributed by atoms with Gasteiger partial charge < -0.3 is 24.4 Å². The summed E-state index contributed by atoms with van der Waals surface area (Å²) in [6.07, 6.45) is 0. The van der Waals surface area contributed by atoms with E-state index < -0.39 is 7.12 Å². The molecule has 0 saturated carbocycles. The van der Waals surface area contributed by atoms with Gasteiger partial charge in [-0.05, 0) is 232 Å². The van der Waals surface area contributed by atoms with Crippen LogP contribution in [0.1, 0.15) is 22.6 Å². The van der Waals surface area contributed by atoms with Gasteiger partial charge in [-0.15, -0.1) is 0 Å². The van der Waals surface area contributed by atoms with E-state index in [2.05, 4.69) is 431 Å². The second-order valence-electron chi connectivity index (χ2n) is 29.1. The van der Waals surface area contributed by atoms with Crippen molar-refractivity contribution in [2.24, 2.45) is 0 Å². The summed E-state index contributed by atoms with van der Waals surface area (Å²) in [6, 6.07) is 163. The number of nitrogens with zero attached hydrogens (tertiary/aromatic N) is 3. The van der Waals surface area contributed by atoms with Crippen LogP contribution in [0.2, 0.25) is 0 Å². The first kappa shape index (κ1) is 73.3. The van der Waals surface area contributed by atoms with Crippen LogP contribution in [0.3, 0.4) is 0 Å². The van der Waals surface area contributed by atoms with Crippen LogP contribution in [-0.2, 0) is 0 Å². The molecule has 1 unspecified atom stereocenters. The molecule has 5 nitrogen and oxygen atoms in total. The molecule has 18 aromatic carbocycles. The van der Waals surface area contributed by atoms with E-state index in [4.69, 9.17) is 0 Å². The highest BCUT2D eigenvalue weighted by Crippen LogP contribution is 2.50. The van der Waals surface area contributed by atoms with Gasteiger partial charge in [0.25, 0.3) is 0 Å². The molecule has 0 fully saturated rings. The molecule has 116 heavy (non-hydrogen) atoms. The van der Waals surface area contributed by atoms with E-state index in [1.807, 2.05) is 48.5 Å². The number of hydrogen-bond acceptors (Lipinski definition) is 4. The monoisotopic (exact) mass is 1550 g/mol. The number of anilines is 6. The van der Waals surface area contributed by atoms with E-state index in [1.165, 1.54) is 122 Å². The molecule has 0 aliphatic heterocycles. The van der Waals surface area contributed by atoms with Gasteiger partial charge in [0.2, 0.25) is 0 Å². The Labute approximate surface area is 686 Å². The summed E-state index contributed by atoms with van der Waals surface area (Å²) in [7, 11) is -1.49. The molecule has 552 valence electrons. The molecular weight excluding hydrogens is 1470 g/mol. The summed E-state index contributed by atoms with van der Waals surface area (Å²) in [6.45, 7) is 0. The van der Waals surface area contributed by atoms with Gasteiger partial charge in [0.15, 0.2) is 0 Å². The molecule has 1 heterocycles. The molecule has 2 N–H and O–H groups in total. The average molecular weight is 1550 g/mol. The van der Waals surface area contributed by atoms with E-state index in [-0.39, 0.29) is 0 Å². The fraction of sp³-hybridized carbons (Fsp3) is 0.00917. The summed E-state index contributed by atoms with van der Waals surface area (Å²) < 4.78 is 3.47. The van der Waals surface area contributed by atoms with Crippen molar-refractivity contribution in [1.29, 1.82) is 0 Å². The number of hydrogen-bond donors (Lipinski definition) is 2. The van der Waals surface area contributed by atoms with Crippen molar-refractivity contribution in [2.45, 2.75) is 5.92 Å². The summed E-state index contributed by atoms with van der Waals surface area (Å²) in [4.78, 5) is 4.50. The molecule has 1 aliphatic carbocycles. The standard InChI is InChI=1S/C54H38N2.C30H24BNO2.C25H17Br/c1-4-12-39(13-5-1)42-24-31-48(32-25-42)55(49-33-26-43(27-34-49)40-14-6-2-7-15-40)50-35-28-44(29-36-50)41-20-22-45(23-21-41)46-30-37-54-52(38-46)51-18-10-11-19-53(51)56(54)47-16-8-3-9-17-47;33-31(34)27-15-21-30(22-16-27)32(28-17-11-25(12-18-28)23-7-3-1-4-8-23)29-19-13-26(14-20-29)24-9-5-2-6-10-24;26-20-13-10-17(11-14-20)19-12-15-23-24(16-19)21-8-4-5-9-22(21)25(23)18-6-2-1-3-7-18/h1-38H;1-22,33-34H;1-16,25H. The minimum Gasteiger partial charge on any atom is -0.423 e. The van der Waals surface area contributed by atoms with Crippen LogP contribution in [0.4, 0.5) is 34.1 Å². The summed E-state index contributed by atoms with van der Waals surface area (Å²) >= 11 is 3.52. The zero-order chi connectivity index (χ0) is 78.1. The first-order valence-electron chi connectivity index (χ1n) is 39.3. The van der Waals surface area contributed by atoms with E-state index in [0.29, 0.717) is 11.4 Å². The Morgan fingerprint density at radius 3 is 0.948 bits per heavy atom. The third-order valence-corrected chi connectivity index (χ3v) is 22.5. The normalized spacial score (nSPS) is 11.8. The quantitative estimate of drug-likeness (QED) is 0.0947. The Bertz CT molecular complexity index is 6350. The van der Waals surface area contributed by atoms with Gasteiger partial charge in [-0.3, -0.25) is 0 Å². The fourth-order valence-corrected chi connectivity index (χ4v) is 16.4. The van der Waals surface area contributed by atoms with E-state index in [9.17, 15) is 10.0 Å². The lowest BCUT2D eigenvalue weighted by Crippen LogP contribution is -2.29. The first-order valence-corrected chi connectivity index (χ1v) is 40.1. The molecule has 1 atom stereocenters. The summed E-state index contributed by atoms with van der Waals surface area (Å²) in [5.74, 6) is 0.321. The van der Waals surface area contributed by atoms with Gasteiger partial charge in [0.05, 0.1) is 11.0 Å². The largest absolute Gasteiger partial charge is 0.488 e. The van der Waals surface area contributed by atoms with Crippen molar-refractivity contribution in [3.63, 3.8) is 0 Å². The number of aromatic nitrogens is 1. The zero-order valence-electron chi connectivity index (χ0n) is 63.6. The van der Waals surface area contributed by atoms with Crippen LogP contribution in [0, 0.1) is 0 Å². The maximum atomic E-state index is 9.51. The van der Waals surface area contributed by atoms with Gasteiger partial charge in [-0.25, -0.2) is 0 Å². The molecule has 7 heteroatoms. The molecule has 0 bridgehead atoms. The molecule has 19 aromatic rings. The minimum absolute atomic E-state index is 0.321. The Kier molecular flexibility index (Phi) is 21.3. The van der Waals surface area contributed by atoms with Gasteiger partial charge in [-0.1, -0.05) is 356 Å². The highest BCUT2D eigenvalue weighted by molar-refractivity contribution is 9.10. The Balaban J connectivity index is 0.000000132. The van der Waals surface area contributed by atoms with Crippen molar-refractivity contribution in [2.75, 3.05) is 9.80 Å². The third-order valence-electron chi connectivity index (χ3n) is 22.0. The van der Waals surface area contributed by atoms with Crippen LogP contribution in [0.15, 0.2) is 466 Å². The number of rotatable bonds is 16. The van der Waals surface area contributed by atoms with Gasteiger partial charge in [0, 0.05) is 61.0 Å². The van der Waals surface area contributed by atoms with Gasteiger partial charge in [-0.2, -0.15) is 0 Å². The number of halogens is 1. The van der Waals surface area contributed by atoms with E-state index in [1.54, 1.807) is 12.1 Å². The smallest absolute Gasteiger partial charge is 0.423 e. The molecule has 1 aliphatic rings. The second kappa shape index (κ2) is 33.6. The summed E-state index contributed by atoms with van der Waals surface area (Å²) in [5.41, 5.74) is 34.0. The molecule has 1 aromatic heterocycles. The van der Waals surface area contributed by atoms with Crippen LogP contribution < -0.4 is 15.3 Å². The van der Waals surface area contributed by atoms with Crippen LogP contribution in [0.25, 0.3) is 117 Å². The predicted octanol–water partition coefficient (Wildman–Crippen LogP) is 28.4. The fourth-order valence-electron chi connectivity index (χ4n) is 16.1. The Hall–Kier alpha value is -14.2. The number of benzene rings is 18. The van der Waals surface area contributed by atoms with Crippen LogP contribution >= 0.6 is 15.9 Å². The molecule has 0 amide bonds. The average Bonchev–Trinajstić information content (AvgIpc) is 1.59.